The first-order valence-corrected chi connectivity index (χ1v) is 9.03. The van der Waals surface area contributed by atoms with E-state index in [9.17, 15) is 4.79 Å². The van der Waals surface area contributed by atoms with E-state index in [0.29, 0.717) is 16.5 Å². The van der Waals surface area contributed by atoms with Gasteiger partial charge in [0.2, 0.25) is 0 Å². The van der Waals surface area contributed by atoms with Crippen LogP contribution in [0.25, 0.3) is 16.9 Å². The Balaban J connectivity index is 1.69. The van der Waals surface area contributed by atoms with Gasteiger partial charge in [-0.15, -0.1) is 0 Å². The van der Waals surface area contributed by atoms with Crippen LogP contribution in [0.15, 0.2) is 36.4 Å². The van der Waals surface area contributed by atoms with Crippen molar-refractivity contribution in [3.8, 4) is 17.0 Å². The second-order valence-corrected chi connectivity index (χ2v) is 6.73. The number of halogens is 1. The normalized spacial score (nSPS) is 14.6. The highest BCUT2D eigenvalue weighted by Gasteiger charge is 2.22. The van der Waals surface area contributed by atoms with E-state index < -0.39 is 0 Å². The molecule has 0 aliphatic carbocycles. The Hall–Kier alpha value is -2.60. The van der Waals surface area contributed by atoms with E-state index in [1.807, 2.05) is 29.2 Å². The molecule has 2 aromatic heterocycles. The molecule has 3 aromatic rings. The molecule has 7 heteroatoms. The molecule has 3 heterocycles. The maximum atomic E-state index is 12.7. The molecular formula is C19H19ClN4O2. The molecule has 0 radical (unpaired) electrons. The number of ether oxygens (including phenoxy) is 1. The zero-order valence-corrected chi connectivity index (χ0v) is 15.2. The van der Waals surface area contributed by atoms with Gasteiger partial charge in [0, 0.05) is 30.8 Å². The quantitative estimate of drug-likeness (QED) is 0.660. The molecule has 4 rings (SSSR count). The number of carbonyl (C=O) groups is 1. The van der Waals surface area contributed by atoms with Crippen molar-refractivity contribution in [1.29, 1.82) is 0 Å². The fourth-order valence-electron chi connectivity index (χ4n) is 3.21. The summed E-state index contributed by atoms with van der Waals surface area (Å²) >= 11 is 6.39. The summed E-state index contributed by atoms with van der Waals surface area (Å²) in [6, 6.07) is 11.0. The minimum atomic E-state index is -0.0581. The fraction of sp³-hybridized carbons (Fsp3) is 0.316. The Morgan fingerprint density at radius 2 is 1.85 bits per heavy atom. The molecule has 134 valence electrons. The number of amides is 1. The minimum Gasteiger partial charge on any atom is -0.497 e. The number of rotatable bonds is 3. The van der Waals surface area contributed by atoms with Crippen molar-refractivity contribution in [2.45, 2.75) is 19.3 Å². The summed E-state index contributed by atoms with van der Waals surface area (Å²) in [4.78, 5) is 19.1. The van der Waals surface area contributed by atoms with Crippen molar-refractivity contribution in [1.82, 2.24) is 19.5 Å². The first-order valence-electron chi connectivity index (χ1n) is 8.66. The van der Waals surface area contributed by atoms with Crippen LogP contribution in [0.2, 0.25) is 5.15 Å². The van der Waals surface area contributed by atoms with Crippen molar-refractivity contribution in [3.63, 3.8) is 0 Å². The van der Waals surface area contributed by atoms with Gasteiger partial charge in [-0.2, -0.15) is 5.10 Å². The smallest absolute Gasteiger partial charge is 0.274 e. The Kier molecular flexibility index (Phi) is 4.51. The summed E-state index contributed by atoms with van der Waals surface area (Å²) in [7, 11) is 1.63. The number of likely N-dealkylation sites (tertiary alicyclic amines) is 1. The largest absolute Gasteiger partial charge is 0.497 e. The second-order valence-electron chi connectivity index (χ2n) is 6.35. The molecule has 1 fully saturated rings. The number of piperidine rings is 1. The fourth-order valence-corrected chi connectivity index (χ4v) is 3.44. The van der Waals surface area contributed by atoms with Crippen molar-refractivity contribution in [2.24, 2.45) is 0 Å². The van der Waals surface area contributed by atoms with Crippen molar-refractivity contribution in [2.75, 3.05) is 20.2 Å². The Labute approximate surface area is 156 Å². The molecule has 26 heavy (non-hydrogen) atoms. The summed E-state index contributed by atoms with van der Waals surface area (Å²) in [5.41, 5.74) is 2.58. The number of hydrogen-bond acceptors (Lipinski definition) is 4. The molecule has 1 saturated heterocycles. The van der Waals surface area contributed by atoms with E-state index in [4.69, 9.17) is 16.3 Å². The summed E-state index contributed by atoms with van der Waals surface area (Å²) in [5.74, 6) is 0.719. The van der Waals surface area contributed by atoms with E-state index in [0.717, 1.165) is 42.9 Å². The highest BCUT2D eigenvalue weighted by molar-refractivity contribution is 6.30. The lowest BCUT2D eigenvalue weighted by Gasteiger charge is -2.25. The average Bonchev–Trinajstić information content (AvgIpc) is 3.13. The molecule has 1 aliphatic heterocycles. The number of methoxy groups -OCH3 is 1. The van der Waals surface area contributed by atoms with Crippen LogP contribution in [0, 0.1) is 0 Å². The third-order valence-corrected chi connectivity index (χ3v) is 4.90. The number of benzene rings is 1. The molecule has 0 spiro atoms. The van der Waals surface area contributed by atoms with Crippen LogP contribution in [0.3, 0.4) is 0 Å². The molecular weight excluding hydrogens is 352 g/mol. The molecule has 0 N–H and O–H groups in total. The Morgan fingerprint density at radius 1 is 1.12 bits per heavy atom. The molecule has 1 amide bonds. The SMILES string of the molecule is COc1ccc(-c2cc(Cl)n3nc(C(=O)N4CCCCC4)cc3n2)cc1. The van der Waals surface area contributed by atoms with Gasteiger partial charge in [-0.25, -0.2) is 9.50 Å². The topological polar surface area (TPSA) is 59.7 Å². The first kappa shape index (κ1) is 16.8. The van der Waals surface area contributed by atoms with Gasteiger partial charge in [-0.1, -0.05) is 11.6 Å². The van der Waals surface area contributed by atoms with E-state index in [1.165, 1.54) is 10.9 Å². The molecule has 1 aromatic carbocycles. The zero-order valence-electron chi connectivity index (χ0n) is 14.5. The van der Waals surface area contributed by atoms with Crippen LogP contribution < -0.4 is 4.74 Å². The van der Waals surface area contributed by atoms with Crippen LogP contribution in [-0.4, -0.2) is 45.6 Å². The monoisotopic (exact) mass is 370 g/mol. The van der Waals surface area contributed by atoms with Gasteiger partial charge in [0.05, 0.1) is 12.8 Å². The van der Waals surface area contributed by atoms with Crippen molar-refractivity contribution < 1.29 is 9.53 Å². The predicted molar refractivity (Wildman–Crippen MR) is 99.7 cm³/mol. The summed E-state index contributed by atoms with van der Waals surface area (Å²) in [5, 5.41) is 4.78. The zero-order chi connectivity index (χ0) is 18.1. The highest BCUT2D eigenvalue weighted by atomic mass is 35.5. The van der Waals surface area contributed by atoms with E-state index in [-0.39, 0.29) is 5.91 Å². The van der Waals surface area contributed by atoms with E-state index in [1.54, 1.807) is 19.2 Å². The summed E-state index contributed by atoms with van der Waals surface area (Å²) in [6.45, 7) is 1.57. The van der Waals surface area contributed by atoms with E-state index in [2.05, 4.69) is 10.1 Å². The summed E-state index contributed by atoms with van der Waals surface area (Å²) < 4.78 is 6.69. The number of carbonyl (C=O) groups excluding carboxylic acids is 1. The standard InChI is InChI=1S/C19H19ClN4O2/c1-26-14-7-5-13(6-8-14)15-11-17(20)24-18(21-15)12-16(22-24)19(25)23-9-3-2-4-10-23/h5-8,11-12H,2-4,9-10H2,1H3. The van der Waals surface area contributed by atoms with Crippen LogP contribution >= 0.6 is 11.6 Å². The maximum absolute atomic E-state index is 12.7. The highest BCUT2D eigenvalue weighted by Crippen LogP contribution is 2.25. The minimum absolute atomic E-state index is 0.0581. The molecule has 6 nitrogen and oxygen atoms in total. The van der Waals surface area contributed by atoms with Gasteiger partial charge in [0.1, 0.15) is 10.9 Å². The average molecular weight is 371 g/mol. The van der Waals surface area contributed by atoms with Gasteiger partial charge in [-0.05, 0) is 43.5 Å². The number of aromatic nitrogens is 3. The van der Waals surface area contributed by atoms with Crippen molar-refractivity contribution >= 4 is 23.2 Å². The molecule has 0 bridgehead atoms. The molecule has 0 saturated carbocycles. The van der Waals surface area contributed by atoms with Crippen LogP contribution in [0.5, 0.6) is 5.75 Å². The van der Waals surface area contributed by atoms with Gasteiger partial charge in [0.15, 0.2) is 11.3 Å². The van der Waals surface area contributed by atoms with Crippen LogP contribution in [0.4, 0.5) is 0 Å². The van der Waals surface area contributed by atoms with Gasteiger partial charge in [0.25, 0.3) is 5.91 Å². The lowest BCUT2D eigenvalue weighted by atomic mass is 10.1. The van der Waals surface area contributed by atoms with Crippen LogP contribution in [0.1, 0.15) is 29.8 Å². The summed E-state index contributed by atoms with van der Waals surface area (Å²) in [6.07, 6.45) is 3.26. The molecule has 0 atom stereocenters. The lowest BCUT2D eigenvalue weighted by molar-refractivity contribution is 0.0718. The Morgan fingerprint density at radius 3 is 2.54 bits per heavy atom. The second kappa shape index (κ2) is 6.96. The number of hydrogen-bond donors (Lipinski definition) is 0. The first-order chi connectivity index (χ1) is 12.7. The van der Waals surface area contributed by atoms with Gasteiger partial charge in [-0.3, -0.25) is 4.79 Å². The maximum Gasteiger partial charge on any atom is 0.274 e. The molecule has 1 aliphatic rings. The van der Waals surface area contributed by atoms with Gasteiger partial charge >= 0.3 is 0 Å². The van der Waals surface area contributed by atoms with Gasteiger partial charge < -0.3 is 9.64 Å². The van der Waals surface area contributed by atoms with Crippen LogP contribution in [-0.2, 0) is 0 Å². The van der Waals surface area contributed by atoms with Crippen molar-refractivity contribution in [3.05, 3.63) is 47.2 Å². The predicted octanol–water partition coefficient (Wildman–Crippen LogP) is 3.68. The lowest BCUT2D eigenvalue weighted by Crippen LogP contribution is -2.35. The van der Waals surface area contributed by atoms with E-state index >= 15 is 0 Å². The third kappa shape index (κ3) is 3.12. The number of nitrogens with zero attached hydrogens (tertiary/aromatic N) is 4. The number of fused-ring (bicyclic) bond motifs is 1. The Bertz CT molecular complexity index is 946. The third-order valence-electron chi connectivity index (χ3n) is 4.63. The molecule has 0 unspecified atom stereocenters.